The van der Waals surface area contributed by atoms with Gasteiger partial charge in [-0.2, -0.15) is 0 Å². The molecule has 1 N–H and O–H groups in total. The van der Waals surface area contributed by atoms with Crippen LogP contribution in [0.25, 0.3) is 0 Å². The fourth-order valence-electron chi connectivity index (χ4n) is 0.543. The normalized spacial score (nSPS) is 12.4. The van der Waals surface area contributed by atoms with E-state index < -0.39 is 12.1 Å². The van der Waals surface area contributed by atoms with Crippen LogP contribution in [0.5, 0.6) is 0 Å². The van der Waals surface area contributed by atoms with Crippen molar-refractivity contribution in [1.29, 1.82) is 0 Å². The third-order valence-electron chi connectivity index (χ3n) is 0.967. The molecule has 0 radical (unpaired) electrons. The Kier molecular flexibility index (Phi) is 8.04. The van der Waals surface area contributed by atoms with Crippen molar-refractivity contribution in [3.8, 4) is 0 Å². The minimum Gasteiger partial charge on any atom is -0.547 e. The zero-order valence-corrected chi connectivity index (χ0v) is 8.63. The first-order chi connectivity index (χ1) is 4.04. The van der Waals surface area contributed by atoms with Crippen LogP contribution in [-0.4, -0.2) is 17.2 Å². The molecule has 3 nitrogen and oxygen atoms in total. The second-order valence-corrected chi connectivity index (χ2v) is 2.46. The number of aliphatic hydroxyl groups is 1. The van der Waals surface area contributed by atoms with Gasteiger partial charge in [0.15, 0.2) is 0 Å². The van der Waals surface area contributed by atoms with Crippen LogP contribution in [-0.2, 0) is 4.79 Å². The van der Waals surface area contributed by atoms with E-state index in [-0.39, 0.29) is 41.9 Å². The summed E-state index contributed by atoms with van der Waals surface area (Å²) in [4.78, 5) is 9.87. The summed E-state index contributed by atoms with van der Waals surface area (Å²) in [5.74, 6) is -1.19. The Hall–Kier alpha value is 0.430. The molecule has 0 aliphatic rings. The molecule has 0 bridgehead atoms. The maximum atomic E-state index is 9.87. The third-order valence-corrected chi connectivity index (χ3v) is 0.967. The van der Waals surface area contributed by atoms with Gasteiger partial charge in [0.05, 0.1) is 12.1 Å². The van der Waals surface area contributed by atoms with Crippen LogP contribution in [0.4, 0.5) is 0 Å². The Morgan fingerprint density at radius 2 is 2.00 bits per heavy atom. The molecule has 0 amide bonds. The predicted molar refractivity (Wildman–Crippen MR) is 30.5 cm³/mol. The van der Waals surface area contributed by atoms with Crippen molar-refractivity contribution in [2.75, 3.05) is 0 Å². The van der Waals surface area contributed by atoms with E-state index in [0.717, 1.165) is 0 Å². The average molecular weight is 154 g/mol. The molecular formula is C6H11NaO3. The summed E-state index contributed by atoms with van der Waals surface area (Å²) in [6.45, 7) is 3.68. The van der Waals surface area contributed by atoms with Gasteiger partial charge < -0.3 is 15.0 Å². The molecule has 0 aromatic carbocycles. The molecule has 4 heteroatoms. The Morgan fingerprint density at radius 1 is 1.60 bits per heavy atom. The van der Waals surface area contributed by atoms with E-state index in [1.807, 2.05) is 13.8 Å². The first kappa shape index (κ1) is 13.1. The van der Waals surface area contributed by atoms with Crippen molar-refractivity contribution in [3.63, 3.8) is 0 Å². The first-order valence-electron chi connectivity index (χ1n) is 2.93. The van der Waals surface area contributed by atoms with Gasteiger partial charge in [-0.05, 0) is 12.3 Å². The summed E-state index contributed by atoms with van der Waals surface area (Å²) >= 11 is 0. The molecule has 10 heavy (non-hydrogen) atoms. The van der Waals surface area contributed by atoms with Gasteiger partial charge in [0.25, 0.3) is 0 Å². The number of carboxylic acid groups (broad SMARTS) is 1. The van der Waals surface area contributed by atoms with E-state index in [4.69, 9.17) is 5.11 Å². The summed E-state index contributed by atoms with van der Waals surface area (Å²) in [7, 11) is 0. The van der Waals surface area contributed by atoms with E-state index in [2.05, 4.69) is 0 Å². The molecule has 0 aliphatic carbocycles. The monoisotopic (exact) mass is 154 g/mol. The fraction of sp³-hybridized carbons (Fsp3) is 0.833. The summed E-state index contributed by atoms with van der Waals surface area (Å²) in [6.07, 6.45) is -1.03. The molecule has 0 unspecified atom stereocenters. The van der Waals surface area contributed by atoms with Gasteiger partial charge in [-0.1, -0.05) is 13.8 Å². The average Bonchev–Trinajstić information content (AvgIpc) is 1.63. The smallest absolute Gasteiger partial charge is 0.547 e. The van der Waals surface area contributed by atoms with Gasteiger partial charge in [0.1, 0.15) is 0 Å². The summed E-state index contributed by atoms with van der Waals surface area (Å²) in [5, 5.41) is 18.5. The van der Waals surface area contributed by atoms with E-state index in [1.54, 1.807) is 0 Å². The molecular weight excluding hydrogens is 143 g/mol. The number of carbonyl (C=O) groups is 1. The Bertz CT molecular complexity index is 103. The van der Waals surface area contributed by atoms with Crippen molar-refractivity contribution >= 4 is 5.97 Å². The number of hydrogen-bond donors (Lipinski definition) is 1. The molecule has 0 aromatic rings. The summed E-state index contributed by atoms with van der Waals surface area (Å²) in [6, 6.07) is 0. The standard InChI is InChI=1S/C6H12O3.Na/c1-4(2)3-5(7)6(8)9;/h4-5,7H,3H2,1-2H3,(H,8,9);/q;+1/p-1/t5-;/m1./s1. The predicted octanol–water partition coefficient (Wildman–Crippen LogP) is -3.85. The first-order valence-corrected chi connectivity index (χ1v) is 2.93. The van der Waals surface area contributed by atoms with Crippen LogP contribution >= 0.6 is 0 Å². The van der Waals surface area contributed by atoms with Crippen LogP contribution in [0.1, 0.15) is 20.3 Å². The van der Waals surface area contributed by atoms with Crippen LogP contribution < -0.4 is 34.7 Å². The minimum absolute atomic E-state index is 0. The number of aliphatic hydroxyl groups excluding tert-OH is 1. The number of hydrogen-bond acceptors (Lipinski definition) is 3. The van der Waals surface area contributed by atoms with Gasteiger partial charge in [0, 0.05) is 0 Å². The van der Waals surface area contributed by atoms with Gasteiger partial charge >= 0.3 is 29.6 Å². The van der Waals surface area contributed by atoms with Gasteiger partial charge in [-0.15, -0.1) is 0 Å². The molecule has 0 saturated heterocycles. The molecule has 0 fully saturated rings. The van der Waals surface area contributed by atoms with Crippen LogP contribution in [0.15, 0.2) is 0 Å². The minimum atomic E-state index is -1.39. The molecule has 0 heterocycles. The number of rotatable bonds is 3. The fourth-order valence-corrected chi connectivity index (χ4v) is 0.543. The Balaban J connectivity index is 0. The second-order valence-electron chi connectivity index (χ2n) is 2.46. The summed E-state index contributed by atoms with van der Waals surface area (Å²) < 4.78 is 0. The topological polar surface area (TPSA) is 60.4 Å². The number of aliphatic carboxylic acids is 1. The maximum Gasteiger partial charge on any atom is 1.00 e. The van der Waals surface area contributed by atoms with Crippen LogP contribution in [0.3, 0.4) is 0 Å². The van der Waals surface area contributed by atoms with Crippen molar-refractivity contribution < 1.29 is 44.6 Å². The maximum absolute atomic E-state index is 9.87. The summed E-state index contributed by atoms with van der Waals surface area (Å²) in [5.41, 5.74) is 0. The van der Waals surface area contributed by atoms with E-state index in [1.165, 1.54) is 0 Å². The number of carboxylic acids is 1. The van der Waals surface area contributed by atoms with E-state index >= 15 is 0 Å². The quantitative estimate of drug-likeness (QED) is 0.423. The Labute approximate surface area is 82.7 Å². The van der Waals surface area contributed by atoms with Crippen molar-refractivity contribution in [2.24, 2.45) is 5.92 Å². The molecule has 0 spiro atoms. The zero-order chi connectivity index (χ0) is 7.44. The van der Waals surface area contributed by atoms with Crippen LogP contribution in [0, 0.1) is 5.92 Å². The van der Waals surface area contributed by atoms with Gasteiger partial charge in [0.2, 0.25) is 0 Å². The van der Waals surface area contributed by atoms with Crippen LogP contribution in [0.2, 0.25) is 0 Å². The molecule has 0 aromatic heterocycles. The van der Waals surface area contributed by atoms with Gasteiger partial charge in [-0.25, -0.2) is 0 Å². The van der Waals surface area contributed by atoms with Crippen molar-refractivity contribution in [1.82, 2.24) is 0 Å². The molecule has 54 valence electrons. The Morgan fingerprint density at radius 3 is 2.10 bits per heavy atom. The zero-order valence-electron chi connectivity index (χ0n) is 6.63. The number of carbonyl (C=O) groups excluding carboxylic acids is 1. The van der Waals surface area contributed by atoms with Gasteiger partial charge in [-0.3, -0.25) is 0 Å². The molecule has 0 rings (SSSR count). The molecule has 0 saturated carbocycles. The van der Waals surface area contributed by atoms with E-state index in [9.17, 15) is 9.90 Å². The second kappa shape index (κ2) is 6.16. The van der Waals surface area contributed by atoms with Crippen molar-refractivity contribution in [3.05, 3.63) is 0 Å². The van der Waals surface area contributed by atoms with E-state index in [0.29, 0.717) is 0 Å². The third kappa shape index (κ3) is 6.55. The molecule has 0 aliphatic heterocycles. The van der Waals surface area contributed by atoms with Crippen molar-refractivity contribution in [2.45, 2.75) is 26.4 Å². The largest absolute Gasteiger partial charge is 1.00 e. The SMILES string of the molecule is CC(C)C[C@@H](O)C(=O)[O-].[Na+]. The molecule has 1 atom stereocenters.